The normalized spacial score (nSPS) is 13.5. The van der Waals surface area contributed by atoms with E-state index in [0.29, 0.717) is 0 Å². The number of aromatic nitrogens is 2. The van der Waals surface area contributed by atoms with Crippen molar-refractivity contribution in [3.63, 3.8) is 0 Å². The van der Waals surface area contributed by atoms with Crippen LogP contribution in [0, 0.1) is 0 Å². The lowest BCUT2D eigenvalue weighted by Crippen LogP contribution is -2.30. The Labute approximate surface area is 314 Å². The number of hydrogen-bond donors (Lipinski definition) is 0. The smallest absolute Gasteiger partial charge is 0.0795 e. The Bertz CT molecular complexity index is 3010. The van der Waals surface area contributed by atoms with Gasteiger partial charge in [-0.3, -0.25) is 0 Å². The quantitative estimate of drug-likeness (QED) is 0.179. The van der Waals surface area contributed by atoms with Crippen molar-refractivity contribution >= 4 is 60.7 Å². The van der Waals surface area contributed by atoms with Crippen LogP contribution >= 0.6 is 0 Å². The van der Waals surface area contributed by atoms with Crippen LogP contribution in [0.5, 0.6) is 0 Å². The summed E-state index contributed by atoms with van der Waals surface area (Å²) in [6.45, 7) is 4.68. The third-order valence-electron chi connectivity index (χ3n) is 11.7. The van der Waals surface area contributed by atoms with Crippen LogP contribution in [0.2, 0.25) is 0 Å². The molecule has 0 radical (unpaired) electrons. The molecule has 11 rings (SSSR count). The number of rotatable bonds is 4. The highest BCUT2D eigenvalue weighted by Gasteiger charge is 2.36. The van der Waals surface area contributed by atoms with Crippen molar-refractivity contribution in [2.45, 2.75) is 19.3 Å². The minimum absolute atomic E-state index is 0.101. The number of anilines is 3. The summed E-state index contributed by atoms with van der Waals surface area (Å²) >= 11 is 0. The Morgan fingerprint density at radius 3 is 1.48 bits per heavy atom. The van der Waals surface area contributed by atoms with Crippen molar-refractivity contribution in [3.8, 4) is 22.5 Å². The number of nitrogens with zero attached hydrogens (tertiary/aromatic N) is 3. The third kappa shape index (κ3) is 4.30. The van der Waals surface area contributed by atoms with Crippen LogP contribution in [-0.4, -0.2) is 9.13 Å². The Morgan fingerprint density at radius 2 is 0.870 bits per heavy atom. The Kier molecular flexibility index (Phi) is 6.60. The first kappa shape index (κ1) is 30.8. The predicted molar refractivity (Wildman–Crippen MR) is 227 cm³/mol. The first-order valence-corrected chi connectivity index (χ1v) is 18.8. The molecule has 0 saturated carbocycles. The third-order valence-corrected chi connectivity index (χ3v) is 11.7. The molecule has 10 aromatic rings. The molecule has 0 unspecified atom stereocenters. The zero-order valence-electron chi connectivity index (χ0n) is 30.2. The molecule has 3 nitrogen and oxygen atoms in total. The molecule has 0 aliphatic carbocycles. The molecular weight excluding hydrogens is 655 g/mol. The average Bonchev–Trinajstić information content (AvgIpc) is 3.75. The molecule has 0 bridgehead atoms. The van der Waals surface area contributed by atoms with E-state index >= 15 is 0 Å². The van der Waals surface area contributed by atoms with Gasteiger partial charge in [-0.05, 0) is 89.0 Å². The second kappa shape index (κ2) is 11.6. The van der Waals surface area contributed by atoms with Gasteiger partial charge in [0.05, 0.1) is 33.4 Å². The first-order chi connectivity index (χ1) is 26.6. The van der Waals surface area contributed by atoms with Crippen LogP contribution in [-0.2, 0) is 5.41 Å². The van der Waals surface area contributed by atoms with Gasteiger partial charge in [-0.1, -0.05) is 135 Å². The van der Waals surface area contributed by atoms with Crippen LogP contribution in [0.1, 0.15) is 25.0 Å². The van der Waals surface area contributed by atoms with Crippen molar-refractivity contribution < 1.29 is 0 Å². The summed E-state index contributed by atoms with van der Waals surface area (Å²) < 4.78 is 4.94. The maximum Gasteiger partial charge on any atom is 0.0795 e. The SMILES string of the molecule is CC1(C)c2ccccc2N(c2ccc(-c3cc4c5ccccc5n(-c5ccccc5)c4c4c3c3ccccc3n4-c3ccccc3)cc2)c2ccccc21. The highest BCUT2D eigenvalue weighted by molar-refractivity contribution is 6.28. The zero-order chi connectivity index (χ0) is 36.0. The summed E-state index contributed by atoms with van der Waals surface area (Å²) in [5, 5.41) is 4.97. The zero-order valence-corrected chi connectivity index (χ0v) is 30.2. The van der Waals surface area contributed by atoms with E-state index in [9.17, 15) is 0 Å². The largest absolute Gasteiger partial charge is 0.310 e. The van der Waals surface area contributed by atoms with Gasteiger partial charge in [0.2, 0.25) is 0 Å². The van der Waals surface area contributed by atoms with Gasteiger partial charge in [0, 0.05) is 44.0 Å². The van der Waals surface area contributed by atoms with E-state index in [1.165, 1.54) is 77.2 Å². The Morgan fingerprint density at radius 1 is 0.389 bits per heavy atom. The van der Waals surface area contributed by atoms with E-state index in [2.05, 4.69) is 216 Å². The first-order valence-electron chi connectivity index (χ1n) is 18.8. The molecule has 0 saturated heterocycles. The lowest BCUT2D eigenvalue weighted by atomic mass is 9.73. The molecule has 0 amide bonds. The molecule has 256 valence electrons. The molecule has 8 aromatic carbocycles. The molecule has 0 N–H and O–H groups in total. The second-order valence-corrected chi connectivity index (χ2v) is 15.0. The van der Waals surface area contributed by atoms with Gasteiger partial charge in [0.1, 0.15) is 0 Å². The number of para-hydroxylation sites is 6. The average molecular weight is 692 g/mol. The van der Waals surface area contributed by atoms with Crippen molar-refractivity contribution in [1.29, 1.82) is 0 Å². The van der Waals surface area contributed by atoms with Crippen LogP contribution in [0.4, 0.5) is 17.1 Å². The summed E-state index contributed by atoms with van der Waals surface area (Å²) in [4.78, 5) is 2.44. The van der Waals surface area contributed by atoms with Crippen molar-refractivity contribution in [3.05, 3.63) is 199 Å². The number of hydrogen-bond acceptors (Lipinski definition) is 1. The van der Waals surface area contributed by atoms with E-state index in [1.54, 1.807) is 0 Å². The highest BCUT2D eigenvalue weighted by Crippen LogP contribution is 2.52. The predicted octanol–water partition coefficient (Wildman–Crippen LogP) is 13.7. The maximum atomic E-state index is 2.48. The van der Waals surface area contributed by atoms with E-state index in [-0.39, 0.29) is 5.41 Å². The molecule has 2 aromatic heterocycles. The molecule has 0 spiro atoms. The minimum Gasteiger partial charge on any atom is -0.310 e. The summed E-state index contributed by atoms with van der Waals surface area (Å²) in [5.41, 5.74) is 15.7. The van der Waals surface area contributed by atoms with Crippen LogP contribution in [0.15, 0.2) is 188 Å². The Balaban J connectivity index is 1.22. The standard InChI is InChI=1S/C51H37N3/c1-51(2)42-23-11-15-27-46(42)52(47-28-16-12-24-43(47)51)37-31-29-34(30-32-37)40-33-41-38-21-9-13-25-44(38)53(35-17-5-3-6-18-35)49(41)50-48(40)39-22-10-14-26-45(39)54(50)36-19-7-4-8-20-36/h3-33H,1-2H3. The molecular formula is C51H37N3. The van der Waals surface area contributed by atoms with Gasteiger partial charge >= 0.3 is 0 Å². The fourth-order valence-electron chi connectivity index (χ4n) is 9.25. The van der Waals surface area contributed by atoms with Gasteiger partial charge in [-0.15, -0.1) is 0 Å². The fourth-order valence-corrected chi connectivity index (χ4v) is 9.25. The monoisotopic (exact) mass is 691 g/mol. The molecule has 3 heteroatoms. The molecule has 1 aliphatic heterocycles. The Hall–Kier alpha value is -6.84. The van der Waals surface area contributed by atoms with E-state index in [0.717, 1.165) is 17.1 Å². The fraction of sp³-hybridized carbons (Fsp3) is 0.0588. The topological polar surface area (TPSA) is 13.1 Å². The summed E-state index contributed by atoms with van der Waals surface area (Å²) in [7, 11) is 0. The molecule has 1 aliphatic rings. The maximum absolute atomic E-state index is 2.48. The van der Waals surface area contributed by atoms with Crippen molar-refractivity contribution in [2.24, 2.45) is 0 Å². The summed E-state index contributed by atoms with van der Waals surface area (Å²) in [5.74, 6) is 0. The van der Waals surface area contributed by atoms with E-state index < -0.39 is 0 Å². The molecule has 0 atom stereocenters. The van der Waals surface area contributed by atoms with Gasteiger partial charge in [-0.2, -0.15) is 0 Å². The van der Waals surface area contributed by atoms with Gasteiger partial charge in [-0.25, -0.2) is 0 Å². The number of benzene rings is 8. The molecule has 0 fully saturated rings. The lowest BCUT2D eigenvalue weighted by molar-refractivity contribution is 0.632. The highest BCUT2D eigenvalue weighted by atomic mass is 15.2. The summed E-state index contributed by atoms with van der Waals surface area (Å²) in [6, 6.07) is 68.8. The van der Waals surface area contributed by atoms with Gasteiger partial charge < -0.3 is 14.0 Å². The molecule has 54 heavy (non-hydrogen) atoms. The minimum atomic E-state index is -0.101. The number of fused-ring (bicyclic) bond motifs is 9. The lowest BCUT2D eigenvalue weighted by Gasteiger charge is -2.42. The van der Waals surface area contributed by atoms with Crippen LogP contribution < -0.4 is 4.90 Å². The summed E-state index contributed by atoms with van der Waals surface area (Å²) in [6.07, 6.45) is 0. The van der Waals surface area contributed by atoms with E-state index in [1.807, 2.05) is 0 Å². The van der Waals surface area contributed by atoms with Crippen LogP contribution in [0.3, 0.4) is 0 Å². The van der Waals surface area contributed by atoms with Gasteiger partial charge in [0.25, 0.3) is 0 Å². The second-order valence-electron chi connectivity index (χ2n) is 15.0. The van der Waals surface area contributed by atoms with Crippen molar-refractivity contribution in [1.82, 2.24) is 9.13 Å². The molecule has 3 heterocycles. The van der Waals surface area contributed by atoms with Crippen LogP contribution in [0.25, 0.3) is 66.1 Å². The van der Waals surface area contributed by atoms with Crippen molar-refractivity contribution in [2.75, 3.05) is 4.90 Å². The van der Waals surface area contributed by atoms with Gasteiger partial charge in [0.15, 0.2) is 0 Å². The van der Waals surface area contributed by atoms with E-state index in [4.69, 9.17) is 0 Å².